The summed E-state index contributed by atoms with van der Waals surface area (Å²) in [6, 6.07) is 41.7. The predicted octanol–water partition coefficient (Wildman–Crippen LogP) is 11.4. The Hall–Kier alpha value is -4.23. The molecule has 0 aliphatic carbocycles. The van der Waals surface area contributed by atoms with E-state index >= 15 is 0 Å². The van der Waals surface area contributed by atoms with Gasteiger partial charge in [0.1, 0.15) is 5.82 Å². The summed E-state index contributed by atoms with van der Waals surface area (Å²) in [5, 5.41) is 5.31. The third kappa shape index (κ3) is 9.82. The third-order valence-electron chi connectivity index (χ3n) is 6.60. The van der Waals surface area contributed by atoms with Gasteiger partial charge in [0.2, 0.25) is 0 Å². The van der Waals surface area contributed by atoms with Gasteiger partial charge in [-0.1, -0.05) is 143 Å². The molecule has 0 amide bonds. The molecule has 1 heteroatoms. The first kappa shape index (κ1) is 30.3. The van der Waals surface area contributed by atoms with Gasteiger partial charge in [0.25, 0.3) is 0 Å². The van der Waals surface area contributed by atoms with Gasteiger partial charge in [-0.2, -0.15) is 0 Å². The maximum Gasteiger partial charge on any atom is 0.126 e. The molecular formula is C39H41F. The molecule has 0 bridgehead atoms. The van der Waals surface area contributed by atoms with Crippen LogP contribution in [0, 0.1) is 54.3 Å². The van der Waals surface area contributed by atoms with Gasteiger partial charge in [-0.15, -0.1) is 0 Å². The Balaban J connectivity index is 0.000000149. The Morgan fingerprint density at radius 2 is 0.650 bits per heavy atom. The average molecular weight is 529 g/mol. The summed E-state index contributed by atoms with van der Waals surface area (Å²) in [5.74, 6) is -0.116. The van der Waals surface area contributed by atoms with E-state index in [1.165, 1.54) is 55.4 Å². The highest BCUT2D eigenvalue weighted by atomic mass is 19.1. The molecule has 0 N–H and O–H groups in total. The van der Waals surface area contributed by atoms with Crippen LogP contribution < -0.4 is 0 Å². The summed E-state index contributed by atoms with van der Waals surface area (Å²) in [6.45, 7) is 14.2. The van der Waals surface area contributed by atoms with Gasteiger partial charge in [-0.05, 0) is 87.2 Å². The number of fused-ring (bicyclic) bond motifs is 2. The monoisotopic (exact) mass is 528 g/mol. The molecule has 0 nitrogen and oxygen atoms in total. The zero-order valence-corrected chi connectivity index (χ0v) is 24.9. The van der Waals surface area contributed by atoms with E-state index in [0.29, 0.717) is 5.56 Å². The Kier molecular flexibility index (Phi) is 11.2. The van der Waals surface area contributed by atoms with Crippen LogP contribution >= 0.6 is 0 Å². The quantitative estimate of drug-likeness (QED) is 0.184. The second kappa shape index (κ2) is 14.8. The van der Waals surface area contributed by atoms with Crippen molar-refractivity contribution >= 4 is 21.5 Å². The van der Waals surface area contributed by atoms with Crippen molar-refractivity contribution in [2.24, 2.45) is 0 Å². The van der Waals surface area contributed by atoms with E-state index in [1.54, 1.807) is 13.0 Å². The number of hydrogen-bond donors (Lipinski definition) is 0. The molecule has 0 spiro atoms. The highest BCUT2D eigenvalue weighted by Crippen LogP contribution is 2.17. The highest BCUT2D eigenvalue weighted by molar-refractivity contribution is 5.84. The SMILES string of the molecule is Cc1ccc(C)c(F)c1.Cc1ccc(C)cc1.Cc1ccc2cc(C)ccc2c1.Cc1ccc2ccccc2c1. The molecule has 0 atom stereocenters. The maximum atomic E-state index is 12.6. The van der Waals surface area contributed by atoms with E-state index in [0.717, 1.165) is 5.56 Å². The first-order chi connectivity index (χ1) is 19.1. The minimum atomic E-state index is -0.116. The smallest absolute Gasteiger partial charge is 0.126 e. The summed E-state index contributed by atoms with van der Waals surface area (Å²) < 4.78 is 12.6. The Bertz CT molecular complexity index is 1600. The second-order valence-electron chi connectivity index (χ2n) is 10.6. The molecule has 0 radical (unpaired) electrons. The van der Waals surface area contributed by atoms with Gasteiger partial charge in [0, 0.05) is 0 Å². The van der Waals surface area contributed by atoms with E-state index in [9.17, 15) is 4.39 Å². The van der Waals surface area contributed by atoms with Crippen molar-refractivity contribution in [1.82, 2.24) is 0 Å². The van der Waals surface area contributed by atoms with E-state index in [4.69, 9.17) is 0 Å². The van der Waals surface area contributed by atoms with Crippen molar-refractivity contribution in [2.75, 3.05) is 0 Å². The fourth-order valence-electron chi connectivity index (χ4n) is 4.13. The molecule has 0 aliphatic rings. The molecule has 204 valence electrons. The molecule has 6 rings (SSSR count). The Morgan fingerprint density at radius 1 is 0.325 bits per heavy atom. The van der Waals surface area contributed by atoms with E-state index < -0.39 is 0 Å². The first-order valence-electron chi connectivity index (χ1n) is 13.8. The summed E-state index contributed by atoms with van der Waals surface area (Å²) in [5.41, 5.74) is 8.31. The van der Waals surface area contributed by atoms with E-state index in [-0.39, 0.29) is 5.82 Å². The number of halogens is 1. The minimum absolute atomic E-state index is 0.116. The number of aryl methyl sites for hydroxylation is 7. The summed E-state index contributed by atoms with van der Waals surface area (Å²) in [4.78, 5) is 0. The van der Waals surface area contributed by atoms with Crippen molar-refractivity contribution in [3.05, 3.63) is 166 Å². The molecule has 0 aliphatic heterocycles. The molecule has 0 saturated carbocycles. The number of benzene rings is 6. The topological polar surface area (TPSA) is 0 Å². The summed E-state index contributed by atoms with van der Waals surface area (Å²) >= 11 is 0. The lowest BCUT2D eigenvalue weighted by Gasteiger charge is -1.99. The average Bonchev–Trinajstić information content (AvgIpc) is 2.94. The van der Waals surface area contributed by atoms with Crippen LogP contribution in [0.3, 0.4) is 0 Å². The van der Waals surface area contributed by atoms with Gasteiger partial charge in [0.15, 0.2) is 0 Å². The molecule has 6 aromatic carbocycles. The van der Waals surface area contributed by atoms with Crippen LogP contribution in [-0.4, -0.2) is 0 Å². The Morgan fingerprint density at radius 3 is 1.07 bits per heavy atom. The number of rotatable bonds is 0. The van der Waals surface area contributed by atoms with E-state index in [1.807, 2.05) is 13.0 Å². The van der Waals surface area contributed by atoms with Crippen molar-refractivity contribution in [2.45, 2.75) is 48.5 Å². The molecule has 40 heavy (non-hydrogen) atoms. The zero-order valence-electron chi connectivity index (χ0n) is 24.9. The van der Waals surface area contributed by atoms with Crippen LogP contribution in [0.25, 0.3) is 21.5 Å². The van der Waals surface area contributed by atoms with Gasteiger partial charge in [0.05, 0.1) is 0 Å². The first-order valence-corrected chi connectivity index (χ1v) is 13.8. The molecule has 0 aromatic heterocycles. The summed E-state index contributed by atoms with van der Waals surface area (Å²) in [6.07, 6.45) is 0. The lowest BCUT2D eigenvalue weighted by atomic mass is 10.1. The van der Waals surface area contributed by atoms with Crippen molar-refractivity contribution in [3.63, 3.8) is 0 Å². The van der Waals surface area contributed by atoms with Crippen LogP contribution in [0.5, 0.6) is 0 Å². The van der Waals surface area contributed by atoms with Crippen LogP contribution in [0.1, 0.15) is 38.9 Å². The molecule has 6 aromatic rings. The minimum Gasteiger partial charge on any atom is -0.207 e. The number of hydrogen-bond acceptors (Lipinski definition) is 0. The predicted molar refractivity (Wildman–Crippen MR) is 174 cm³/mol. The van der Waals surface area contributed by atoms with Crippen LogP contribution in [0.2, 0.25) is 0 Å². The highest BCUT2D eigenvalue weighted by Gasteiger charge is 1.94. The fraction of sp³-hybridized carbons (Fsp3) is 0.179. The van der Waals surface area contributed by atoms with Crippen molar-refractivity contribution < 1.29 is 4.39 Å². The van der Waals surface area contributed by atoms with E-state index in [2.05, 4.69) is 138 Å². The van der Waals surface area contributed by atoms with Gasteiger partial charge in [-0.3, -0.25) is 0 Å². The normalized spacial score (nSPS) is 10.0. The van der Waals surface area contributed by atoms with Crippen LogP contribution in [0.4, 0.5) is 4.39 Å². The maximum absolute atomic E-state index is 12.6. The third-order valence-corrected chi connectivity index (χ3v) is 6.60. The van der Waals surface area contributed by atoms with Crippen molar-refractivity contribution in [1.29, 1.82) is 0 Å². The van der Waals surface area contributed by atoms with Gasteiger partial charge < -0.3 is 0 Å². The molecule has 0 fully saturated rings. The van der Waals surface area contributed by atoms with Gasteiger partial charge >= 0.3 is 0 Å². The van der Waals surface area contributed by atoms with Crippen molar-refractivity contribution in [3.8, 4) is 0 Å². The van der Waals surface area contributed by atoms with Gasteiger partial charge in [-0.25, -0.2) is 4.39 Å². The standard InChI is InChI=1S/C12H12.C11H10.C8H9F.C8H10/c1-9-3-5-12-8-10(2)4-6-11(12)7-9;1-9-6-7-10-4-2-3-5-11(10)8-9;1-6-3-4-7(2)8(9)5-6;1-7-3-5-8(2)6-4-7/h3-8H,1-2H3;2-8H,1H3;3-5H,1-2H3;3-6H,1-2H3. The largest absolute Gasteiger partial charge is 0.207 e. The fourth-order valence-corrected chi connectivity index (χ4v) is 4.13. The lowest BCUT2D eigenvalue weighted by Crippen LogP contribution is -1.81. The zero-order chi connectivity index (χ0) is 29.1. The van der Waals surface area contributed by atoms with Crippen LogP contribution in [0.15, 0.2) is 121 Å². The van der Waals surface area contributed by atoms with Crippen LogP contribution in [-0.2, 0) is 0 Å². The second-order valence-corrected chi connectivity index (χ2v) is 10.6. The molecule has 0 heterocycles. The Labute approximate surface area is 240 Å². The molecule has 0 saturated heterocycles. The summed E-state index contributed by atoms with van der Waals surface area (Å²) in [7, 11) is 0. The lowest BCUT2D eigenvalue weighted by molar-refractivity contribution is 0.617. The molecular weight excluding hydrogens is 487 g/mol. The molecule has 0 unspecified atom stereocenters.